The number of aromatic amines is 1. The van der Waals surface area contributed by atoms with Gasteiger partial charge in [-0.2, -0.15) is 0 Å². The fraction of sp³-hybridized carbons (Fsp3) is 0.125. The second-order valence-corrected chi connectivity index (χ2v) is 2.73. The second-order valence-electron chi connectivity index (χ2n) is 2.73. The highest BCUT2D eigenvalue weighted by molar-refractivity contribution is 5.55. The van der Waals surface area contributed by atoms with Crippen molar-refractivity contribution in [3.63, 3.8) is 0 Å². The Bertz CT molecular complexity index is 410. The van der Waals surface area contributed by atoms with Gasteiger partial charge < -0.3 is 0 Å². The van der Waals surface area contributed by atoms with Gasteiger partial charge in [-0.1, -0.05) is 11.6 Å². The number of tetrazole rings is 1. The van der Waals surface area contributed by atoms with Crippen LogP contribution in [0.15, 0.2) is 18.2 Å². The maximum absolute atomic E-state index is 13.2. The van der Waals surface area contributed by atoms with E-state index < -0.39 is 0 Å². The Hall–Kier alpha value is -1.78. The van der Waals surface area contributed by atoms with Crippen LogP contribution in [0.1, 0.15) is 5.56 Å². The van der Waals surface area contributed by atoms with E-state index in [-0.39, 0.29) is 5.82 Å². The van der Waals surface area contributed by atoms with Gasteiger partial charge in [0.15, 0.2) is 5.82 Å². The van der Waals surface area contributed by atoms with Crippen LogP contribution < -0.4 is 0 Å². The average Bonchev–Trinajstić information content (AvgIpc) is 2.61. The van der Waals surface area contributed by atoms with Gasteiger partial charge in [-0.05, 0) is 29.5 Å². The van der Waals surface area contributed by atoms with Crippen LogP contribution in [0.3, 0.4) is 0 Å². The molecule has 0 aliphatic heterocycles. The molecule has 0 aliphatic rings. The molecule has 1 N–H and O–H groups in total. The van der Waals surface area contributed by atoms with Crippen LogP contribution in [-0.4, -0.2) is 20.6 Å². The van der Waals surface area contributed by atoms with Crippen LogP contribution in [0, 0.1) is 12.7 Å². The average molecular weight is 178 g/mol. The van der Waals surface area contributed by atoms with Crippen molar-refractivity contribution < 1.29 is 4.39 Å². The zero-order chi connectivity index (χ0) is 9.26. The zero-order valence-corrected chi connectivity index (χ0v) is 6.95. The lowest BCUT2D eigenvalue weighted by molar-refractivity contribution is 0.629. The van der Waals surface area contributed by atoms with Crippen molar-refractivity contribution in [3.05, 3.63) is 29.6 Å². The molecule has 0 atom stereocenters. The van der Waals surface area contributed by atoms with E-state index in [1.165, 1.54) is 6.07 Å². The molecule has 2 rings (SSSR count). The summed E-state index contributed by atoms with van der Waals surface area (Å²) in [5.74, 6) is 0.0188. The summed E-state index contributed by atoms with van der Waals surface area (Å²) in [5.41, 5.74) is 1.36. The van der Waals surface area contributed by atoms with Crippen molar-refractivity contribution in [1.29, 1.82) is 0 Å². The van der Waals surface area contributed by atoms with E-state index in [0.717, 1.165) is 5.56 Å². The van der Waals surface area contributed by atoms with Crippen molar-refractivity contribution in [2.75, 3.05) is 0 Å². The first kappa shape index (κ1) is 7.85. The topological polar surface area (TPSA) is 54.5 Å². The van der Waals surface area contributed by atoms with Crippen LogP contribution in [0.2, 0.25) is 0 Å². The molecule has 66 valence electrons. The molecule has 1 aromatic heterocycles. The Morgan fingerprint density at radius 2 is 2.23 bits per heavy atom. The van der Waals surface area contributed by atoms with Gasteiger partial charge in [-0.25, -0.2) is 9.49 Å². The SMILES string of the molecule is Cc1ccc(F)c(-c2nnn[nH]2)c1. The van der Waals surface area contributed by atoms with Crippen LogP contribution in [-0.2, 0) is 0 Å². The first-order chi connectivity index (χ1) is 6.27. The summed E-state index contributed by atoms with van der Waals surface area (Å²) in [7, 11) is 0. The fourth-order valence-electron chi connectivity index (χ4n) is 1.09. The molecular formula is C8H7FN4. The highest BCUT2D eigenvalue weighted by atomic mass is 19.1. The fourth-order valence-corrected chi connectivity index (χ4v) is 1.09. The number of aryl methyl sites for hydroxylation is 1. The largest absolute Gasteiger partial charge is 0.239 e. The van der Waals surface area contributed by atoms with E-state index in [4.69, 9.17) is 0 Å². The lowest BCUT2D eigenvalue weighted by Gasteiger charge is -1.98. The van der Waals surface area contributed by atoms with Gasteiger partial charge in [0.05, 0.1) is 5.56 Å². The van der Waals surface area contributed by atoms with Crippen LogP contribution in [0.25, 0.3) is 11.4 Å². The Balaban J connectivity index is 2.57. The highest BCUT2D eigenvalue weighted by Gasteiger charge is 2.07. The quantitative estimate of drug-likeness (QED) is 0.716. The van der Waals surface area contributed by atoms with Gasteiger partial charge in [0.25, 0.3) is 0 Å². The Labute approximate surface area is 73.8 Å². The van der Waals surface area contributed by atoms with Crippen molar-refractivity contribution in [2.24, 2.45) is 0 Å². The van der Waals surface area contributed by atoms with Crippen LogP contribution >= 0.6 is 0 Å². The summed E-state index contributed by atoms with van der Waals surface area (Å²) in [6, 6.07) is 4.79. The molecule has 2 aromatic rings. The molecule has 13 heavy (non-hydrogen) atoms. The monoisotopic (exact) mass is 178 g/mol. The molecule has 0 fully saturated rings. The normalized spacial score (nSPS) is 10.3. The van der Waals surface area contributed by atoms with Gasteiger partial charge in [0.1, 0.15) is 5.82 Å². The van der Waals surface area contributed by atoms with E-state index in [1.54, 1.807) is 12.1 Å². The predicted molar refractivity (Wildman–Crippen MR) is 44.3 cm³/mol. The van der Waals surface area contributed by atoms with Crippen molar-refractivity contribution in [1.82, 2.24) is 20.6 Å². The number of halogens is 1. The Kier molecular flexibility index (Phi) is 1.77. The lowest BCUT2D eigenvalue weighted by Crippen LogP contribution is -1.87. The number of nitrogens with zero attached hydrogens (tertiary/aromatic N) is 3. The molecule has 0 bridgehead atoms. The molecule has 1 aromatic carbocycles. The van der Waals surface area contributed by atoms with E-state index >= 15 is 0 Å². The van der Waals surface area contributed by atoms with E-state index in [2.05, 4.69) is 20.6 Å². The molecule has 0 unspecified atom stereocenters. The molecule has 0 amide bonds. The second kappa shape index (κ2) is 2.93. The number of hydrogen-bond acceptors (Lipinski definition) is 3. The van der Waals surface area contributed by atoms with Gasteiger partial charge in [-0.3, -0.25) is 0 Å². The van der Waals surface area contributed by atoms with Gasteiger partial charge in [0, 0.05) is 0 Å². The zero-order valence-electron chi connectivity index (χ0n) is 6.95. The third-order valence-electron chi connectivity index (χ3n) is 1.72. The maximum Gasteiger partial charge on any atom is 0.182 e. The molecular weight excluding hydrogens is 171 g/mol. The van der Waals surface area contributed by atoms with E-state index in [9.17, 15) is 4.39 Å². The number of nitrogens with one attached hydrogen (secondary N) is 1. The summed E-state index contributed by atoms with van der Waals surface area (Å²) in [6.07, 6.45) is 0. The first-order valence-corrected chi connectivity index (χ1v) is 3.77. The minimum atomic E-state index is -0.329. The summed E-state index contributed by atoms with van der Waals surface area (Å²) in [5, 5.41) is 12.9. The summed E-state index contributed by atoms with van der Waals surface area (Å²) in [4.78, 5) is 0. The molecule has 1 heterocycles. The van der Waals surface area contributed by atoms with Crippen molar-refractivity contribution in [2.45, 2.75) is 6.92 Å². The van der Waals surface area contributed by atoms with Gasteiger partial charge in [0.2, 0.25) is 0 Å². The maximum atomic E-state index is 13.2. The highest BCUT2D eigenvalue weighted by Crippen LogP contribution is 2.18. The number of benzene rings is 1. The molecule has 0 saturated heterocycles. The molecule has 5 heteroatoms. The summed E-state index contributed by atoms with van der Waals surface area (Å²) < 4.78 is 13.2. The Morgan fingerprint density at radius 1 is 1.38 bits per heavy atom. The van der Waals surface area contributed by atoms with Gasteiger partial charge in [-0.15, -0.1) is 5.10 Å². The Morgan fingerprint density at radius 3 is 2.92 bits per heavy atom. The molecule has 0 aliphatic carbocycles. The molecule has 4 nitrogen and oxygen atoms in total. The van der Waals surface area contributed by atoms with E-state index in [1.807, 2.05) is 6.92 Å². The van der Waals surface area contributed by atoms with E-state index in [0.29, 0.717) is 11.4 Å². The molecule has 0 spiro atoms. The summed E-state index contributed by atoms with van der Waals surface area (Å²) in [6.45, 7) is 1.88. The smallest absolute Gasteiger partial charge is 0.182 e. The first-order valence-electron chi connectivity index (χ1n) is 3.77. The number of H-pyrrole nitrogens is 1. The number of hydrogen-bond donors (Lipinski definition) is 1. The van der Waals surface area contributed by atoms with Crippen LogP contribution in [0.5, 0.6) is 0 Å². The third kappa shape index (κ3) is 1.40. The summed E-state index contributed by atoms with van der Waals surface area (Å²) >= 11 is 0. The van der Waals surface area contributed by atoms with Crippen molar-refractivity contribution >= 4 is 0 Å². The number of aromatic nitrogens is 4. The molecule has 0 radical (unpaired) electrons. The third-order valence-corrected chi connectivity index (χ3v) is 1.72. The minimum Gasteiger partial charge on any atom is -0.239 e. The lowest BCUT2D eigenvalue weighted by atomic mass is 10.1. The predicted octanol–water partition coefficient (Wildman–Crippen LogP) is 1.31. The van der Waals surface area contributed by atoms with Gasteiger partial charge >= 0.3 is 0 Å². The van der Waals surface area contributed by atoms with Crippen LogP contribution in [0.4, 0.5) is 4.39 Å². The van der Waals surface area contributed by atoms with Crippen molar-refractivity contribution in [3.8, 4) is 11.4 Å². The molecule has 0 saturated carbocycles. The number of rotatable bonds is 1. The minimum absolute atomic E-state index is 0.329. The standard InChI is InChI=1S/C8H7FN4/c1-5-2-3-7(9)6(4-5)8-10-12-13-11-8/h2-4H,1H3,(H,10,11,12,13).